The van der Waals surface area contributed by atoms with Gasteiger partial charge in [0.05, 0.1) is 5.69 Å². The number of carboxylic acid groups (broad SMARTS) is 1. The average molecular weight is 333 g/mol. The molecule has 1 aromatic rings. The van der Waals surface area contributed by atoms with E-state index in [4.69, 9.17) is 5.11 Å². The summed E-state index contributed by atoms with van der Waals surface area (Å²) >= 11 is 0. The van der Waals surface area contributed by atoms with E-state index >= 15 is 0 Å². The molecule has 0 saturated carbocycles. The Morgan fingerprint density at radius 1 is 1.82 bits per heavy atom. The molecule has 1 N–H and O–H groups in total. The molecule has 0 spiro atoms. The van der Waals surface area contributed by atoms with Gasteiger partial charge in [-0.25, -0.2) is 9.78 Å². The second-order valence-electron chi connectivity index (χ2n) is 1.80. The molecule has 0 unspecified atom stereocenters. The van der Waals surface area contributed by atoms with Crippen LogP contribution in [-0.2, 0) is 26.5 Å². The van der Waals surface area contributed by atoms with Crippen molar-refractivity contribution in [1.29, 1.82) is 0 Å². The monoisotopic (exact) mass is 334 g/mol. The third kappa shape index (κ3) is 2.44. The number of nitrogens with zero attached hydrogens (tertiary/aromatic N) is 1. The molecule has 11 heavy (non-hydrogen) atoms. The summed E-state index contributed by atoms with van der Waals surface area (Å²) in [5.41, 5.74) is 0.664. The molecule has 4 nitrogen and oxygen atoms in total. The Labute approximate surface area is 77.0 Å². The molecule has 0 aromatic carbocycles. The van der Waals surface area contributed by atoms with Crippen molar-refractivity contribution in [2.45, 2.75) is 13.3 Å². The van der Waals surface area contributed by atoms with Gasteiger partial charge in [0, 0.05) is 20.1 Å². The van der Waals surface area contributed by atoms with Gasteiger partial charge in [-0.05, 0) is 6.42 Å². The van der Waals surface area contributed by atoms with Gasteiger partial charge < -0.3 is 9.52 Å². The standard InChI is InChI=1S/C6H7NO3.Ir/c1-2-4-3-10-5(7-4)6(8)9;/h3H,2H2,1H3,(H,8,9);. The van der Waals surface area contributed by atoms with Crippen LogP contribution in [0.1, 0.15) is 23.3 Å². The predicted molar refractivity (Wildman–Crippen MR) is 32.8 cm³/mol. The minimum absolute atomic E-state index is 0. The molecule has 1 heterocycles. The van der Waals surface area contributed by atoms with Crippen LogP contribution < -0.4 is 0 Å². The molecule has 0 bridgehead atoms. The fraction of sp³-hybridized carbons (Fsp3) is 0.333. The number of carbonyl (C=O) groups is 1. The average Bonchev–Trinajstić information content (AvgIpc) is 2.34. The van der Waals surface area contributed by atoms with E-state index in [0.29, 0.717) is 12.1 Å². The van der Waals surface area contributed by atoms with Crippen LogP contribution in [0, 0.1) is 0 Å². The van der Waals surface area contributed by atoms with Gasteiger partial charge in [0.25, 0.3) is 0 Å². The van der Waals surface area contributed by atoms with Gasteiger partial charge in [0.15, 0.2) is 0 Å². The van der Waals surface area contributed by atoms with Gasteiger partial charge in [-0.2, -0.15) is 0 Å². The van der Waals surface area contributed by atoms with Crippen molar-refractivity contribution >= 4 is 5.97 Å². The van der Waals surface area contributed by atoms with Gasteiger partial charge in [-0.15, -0.1) is 0 Å². The molecule has 0 fully saturated rings. The fourth-order valence-corrected chi connectivity index (χ4v) is 0.568. The smallest absolute Gasteiger partial charge is 0.392 e. The Morgan fingerprint density at radius 3 is 2.73 bits per heavy atom. The van der Waals surface area contributed by atoms with Gasteiger partial charge >= 0.3 is 11.9 Å². The number of aromatic nitrogens is 1. The molecule has 0 aliphatic rings. The first-order chi connectivity index (χ1) is 4.74. The minimum Gasteiger partial charge on any atom is -0.474 e. The largest absolute Gasteiger partial charge is 0.474 e. The molecule has 0 saturated heterocycles. The molecule has 0 atom stereocenters. The number of aryl methyl sites for hydroxylation is 1. The van der Waals surface area contributed by atoms with Crippen LogP contribution in [0.3, 0.4) is 0 Å². The second kappa shape index (κ2) is 4.26. The molecule has 1 aromatic heterocycles. The van der Waals surface area contributed by atoms with Crippen molar-refractivity contribution in [2.75, 3.05) is 0 Å². The zero-order valence-electron chi connectivity index (χ0n) is 5.83. The fourth-order valence-electron chi connectivity index (χ4n) is 0.568. The maximum absolute atomic E-state index is 10.2. The van der Waals surface area contributed by atoms with E-state index in [0.717, 1.165) is 0 Å². The van der Waals surface area contributed by atoms with Crippen LogP contribution in [0.4, 0.5) is 0 Å². The number of aromatic carboxylic acids is 1. The summed E-state index contributed by atoms with van der Waals surface area (Å²) in [5.74, 6) is -1.36. The summed E-state index contributed by atoms with van der Waals surface area (Å²) in [7, 11) is 0. The van der Waals surface area contributed by atoms with E-state index in [1.807, 2.05) is 6.92 Å². The maximum atomic E-state index is 10.2. The van der Waals surface area contributed by atoms with E-state index < -0.39 is 5.97 Å². The molecule has 1 radical (unpaired) electrons. The van der Waals surface area contributed by atoms with Gasteiger partial charge in [0.1, 0.15) is 6.26 Å². The molecule has 63 valence electrons. The third-order valence-electron chi connectivity index (χ3n) is 1.10. The van der Waals surface area contributed by atoms with Crippen molar-refractivity contribution in [3.8, 4) is 0 Å². The Kier molecular flexibility index (Phi) is 4.00. The Bertz CT molecular complexity index is 246. The normalized spacial score (nSPS) is 8.82. The molecule has 0 aliphatic heterocycles. The zero-order chi connectivity index (χ0) is 7.56. The van der Waals surface area contributed by atoms with E-state index in [1.165, 1.54) is 6.26 Å². The van der Waals surface area contributed by atoms with Gasteiger partial charge in [-0.3, -0.25) is 0 Å². The Balaban J connectivity index is 0.000001000. The second-order valence-corrected chi connectivity index (χ2v) is 1.80. The van der Waals surface area contributed by atoms with E-state index in [2.05, 4.69) is 9.40 Å². The van der Waals surface area contributed by atoms with Crippen LogP contribution in [0.15, 0.2) is 10.7 Å². The summed E-state index contributed by atoms with van der Waals surface area (Å²) < 4.78 is 4.61. The molecular formula is C6H7IrNO3. The van der Waals surface area contributed by atoms with Crippen molar-refractivity contribution in [3.05, 3.63) is 17.8 Å². The number of rotatable bonds is 2. The first-order valence-corrected chi connectivity index (χ1v) is 2.91. The van der Waals surface area contributed by atoms with Crippen LogP contribution >= 0.6 is 0 Å². The van der Waals surface area contributed by atoms with Crippen molar-refractivity contribution in [1.82, 2.24) is 4.98 Å². The first kappa shape index (κ1) is 10.3. The van der Waals surface area contributed by atoms with Gasteiger partial charge in [-0.1, -0.05) is 6.92 Å². The predicted octanol–water partition coefficient (Wildman–Crippen LogP) is 0.933. The van der Waals surface area contributed by atoms with E-state index in [1.54, 1.807) is 0 Å². The zero-order valence-corrected chi connectivity index (χ0v) is 8.22. The molecule has 0 amide bonds. The van der Waals surface area contributed by atoms with Crippen LogP contribution in [0.25, 0.3) is 0 Å². The minimum atomic E-state index is -1.13. The summed E-state index contributed by atoms with van der Waals surface area (Å²) in [4.78, 5) is 13.8. The van der Waals surface area contributed by atoms with Crippen LogP contribution in [0.5, 0.6) is 0 Å². The summed E-state index contributed by atoms with van der Waals surface area (Å²) in [6, 6.07) is 0. The van der Waals surface area contributed by atoms with Crippen molar-refractivity contribution < 1.29 is 34.4 Å². The SMILES string of the molecule is CCc1coc(C(=O)O)n1.[Ir]. The van der Waals surface area contributed by atoms with Crippen molar-refractivity contribution in [3.63, 3.8) is 0 Å². The Morgan fingerprint density at radius 2 is 2.45 bits per heavy atom. The number of oxazole rings is 1. The number of carboxylic acids is 1. The summed E-state index contributed by atoms with van der Waals surface area (Å²) in [6.45, 7) is 1.88. The molecule has 5 heteroatoms. The van der Waals surface area contributed by atoms with Crippen LogP contribution in [-0.4, -0.2) is 16.1 Å². The quantitative estimate of drug-likeness (QED) is 0.875. The number of hydrogen-bond donors (Lipinski definition) is 1. The summed E-state index contributed by atoms with van der Waals surface area (Å²) in [6.07, 6.45) is 2.04. The molecule has 1 rings (SSSR count). The van der Waals surface area contributed by atoms with E-state index in [9.17, 15) is 4.79 Å². The van der Waals surface area contributed by atoms with Crippen molar-refractivity contribution in [2.24, 2.45) is 0 Å². The third-order valence-corrected chi connectivity index (χ3v) is 1.10. The van der Waals surface area contributed by atoms with Gasteiger partial charge in [0.2, 0.25) is 0 Å². The number of hydrogen-bond acceptors (Lipinski definition) is 3. The van der Waals surface area contributed by atoms with Crippen LogP contribution in [0.2, 0.25) is 0 Å². The topological polar surface area (TPSA) is 63.3 Å². The maximum Gasteiger partial charge on any atom is 0.392 e. The first-order valence-electron chi connectivity index (χ1n) is 2.91. The molecular weight excluding hydrogens is 326 g/mol. The molecule has 0 aliphatic carbocycles. The summed E-state index contributed by atoms with van der Waals surface area (Å²) in [5, 5.41) is 8.34. The van der Waals surface area contributed by atoms with E-state index in [-0.39, 0.29) is 26.0 Å². The Hall–Kier alpha value is -0.671.